The minimum atomic E-state index is -0.980. The number of benzene rings is 2. The topological polar surface area (TPSA) is 118 Å². The highest BCUT2D eigenvalue weighted by Crippen LogP contribution is 2.46. The van der Waals surface area contributed by atoms with E-state index >= 15 is 0 Å². The third-order valence-electron chi connectivity index (χ3n) is 6.73. The van der Waals surface area contributed by atoms with Crippen molar-refractivity contribution >= 4 is 29.1 Å². The molecule has 0 aromatic heterocycles. The van der Waals surface area contributed by atoms with Crippen molar-refractivity contribution in [1.29, 1.82) is 0 Å². The molecule has 2 aliphatic rings. The summed E-state index contributed by atoms with van der Waals surface area (Å²) in [6, 6.07) is 6.39. The smallest absolute Gasteiger partial charge is 0.295 e. The maximum atomic E-state index is 13.4. The van der Waals surface area contributed by atoms with E-state index in [2.05, 4.69) is 4.90 Å². The number of aromatic hydroxyl groups is 1. The van der Waals surface area contributed by atoms with Gasteiger partial charge in [0.2, 0.25) is 5.75 Å². The lowest BCUT2D eigenvalue weighted by Gasteiger charge is -2.29. The first-order chi connectivity index (χ1) is 18.3. The molecule has 11 heteroatoms. The molecule has 2 aromatic rings. The summed E-state index contributed by atoms with van der Waals surface area (Å²) in [5, 5.41) is 22.0. The molecule has 10 nitrogen and oxygen atoms in total. The SMILES string of the molecule is COc1cc([C@@H]2C(=C(O)c3cc(Cl)ccc3O)C(=O)C(=O)N2CCCN2CCOCC2)cc(OC)c1OC. The number of ether oxygens (including phenoxy) is 4. The van der Waals surface area contributed by atoms with E-state index in [1.54, 1.807) is 12.1 Å². The van der Waals surface area contributed by atoms with Crippen LogP contribution in [0, 0.1) is 0 Å². The standard InChI is InChI=1S/C27H31ClN2O8/c1-35-20-13-16(14-21(36-2)26(20)37-3)23-22(24(32)18-15-17(28)5-6-19(18)31)25(33)27(34)30(23)8-4-7-29-9-11-38-12-10-29/h5-6,13-15,23,31-32H,4,7-12H2,1-3H3/t23-/m1/s1. The van der Waals surface area contributed by atoms with Gasteiger partial charge in [-0.2, -0.15) is 0 Å². The predicted octanol–water partition coefficient (Wildman–Crippen LogP) is 3.22. The Morgan fingerprint density at radius 1 is 1.03 bits per heavy atom. The first kappa shape index (κ1) is 27.6. The number of ketones is 1. The summed E-state index contributed by atoms with van der Waals surface area (Å²) in [5.74, 6) is -1.44. The van der Waals surface area contributed by atoms with Crippen LogP contribution in [0.25, 0.3) is 5.76 Å². The number of methoxy groups -OCH3 is 3. The molecule has 1 amide bonds. The highest BCUT2D eigenvalue weighted by atomic mass is 35.5. The zero-order chi connectivity index (χ0) is 27.4. The minimum Gasteiger partial charge on any atom is -0.507 e. The number of hydrogen-bond donors (Lipinski definition) is 2. The monoisotopic (exact) mass is 546 g/mol. The third kappa shape index (κ3) is 5.38. The maximum absolute atomic E-state index is 13.4. The summed E-state index contributed by atoms with van der Waals surface area (Å²) in [5.41, 5.74) is 0.239. The lowest BCUT2D eigenvalue weighted by atomic mass is 9.94. The zero-order valence-corrected chi connectivity index (χ0v) is 22.3. The van der Waals surface area contributed by atoms with E-state index in [9.17, 15) is 19.8 Å². The van der Waals surface area contributed by atoms with Crippen molar-refractivity contribution in [2.24, 2.45) is 0 Å². The van der Waals surface area contributed by atoms with Gasteiger partial charge in [-0.3, -0.25) is 14.5 Å². The lowest BCUT2D eigenvalue weighted by Crippen LogP contribution is -2.39. The summed E-state index contributed by atoms with van der Waals surface area (Å²) in [6.07, 6.45) is 0.594. The summed E-state index contributed by atoms with van der Waals surface area (Å²) < 4.78 is 21.8. The molecule has 2 N–H and O–H groups in total. The maximum Gasteiger partial charge on any atom is 0.295 e. The van der Waals surface area contributed by atoms with Crippen LogP contribution in [0.2, 0.25) is 5.02 Å². The molecule has 0 saturated carbocycles. The number of rotatable bonds is 9. The van der Waals surface area contributed by atoms with E-state index in [0.717, 1.165) is 13.1 Å². The number of phenolic OH excluding ortho intramolecular Hbond substituents is 1. The summed E-state index contributed by atoms with van der Waals surface area (Å²) in [7, 11) is 4.40. The molecule has 2 aromatic carbocycles. The van der Waals surface area contributed by atoms with Crippen LogP contribution in [0.15, 0.2) is 35.9 Å². The summed E-state index contributed by atoms with van der Waals surface area (Å²) in [4.78, 5) is 30.4. The number of halogens is 1. The minimum absolute atomic E-state index is 0.0544. The normalized spacial score (nSPS) is 19.6. The third-order valence-corrected chi connectivity index (χ3v) is 6.97. The second-order valence-electron chi connectivity index (χ2n) is 8.92. The van der Waals surface area contributed by atoms with Gasteiger partial charge in [0.15, 0.2) is 11.5 Å². The van der Waals surface area contributed by atoms with Crippen LogP contribution in [-0.4, -0.2) is 92.4 Å². The van der Waals surface area contributed by atoms with Crippen LogP contribution in [-0.2, 0) is 14.3 Å². The average molecular weight is 547 g/mol. The number of Topliss-reactive ketones (excluding diaryl/α,β-unsaturated/α-hetero) is 1. The van der Waals surface area contributed by atoms with Crippen molar-refractivity contribution in [3.05, 3.63) is 52.1 Å². The van der Waals surface area contributed by atoms with Gasteiger partial charge in [0, 0.05) is 31.2 Å². The van der Waals surface area contributed by atoms with Gasteiger partial charge in [0.25, 0.3) is 11.7 Å². The van der Waals surface area contributed by atoms with E-state index < -0.39 is 23.5 Å². The quantitative estimate of drug-likeness (QED) is 0.278. The van der Waals surface area contributed by atoms with E-state index in [-0.39, 0.29) is 28.5 Å². The molecule has 0 aliphatic carbocycles. The fourth-order valence-electron chi connectivity index (χ4n) is 4.85. The molecule has 1 atom stereocenters. The summed E-state index contributed by atoms with van der Waals surface area (Å²) in [6.45, 7) is 3.86. The second-order valence-corrected chi connectivity index (χ2v) is 9.36. The Bertz CT molecular complexity index is 1220. The van der Waals surface area contributed by atoms with Crippen LogP contribution in [0.5, 0.6) is 23.0 Å². The Kier molecular flexibility index (Phi) is 8.65. The van der Waals surface area contributed by atoms with E-state index in [4.69, 9.17) is 30.5 Å². The predicted molar refractivity (Wildman–Crippen MR) is 140 cm³/mol. The number of carbonyl (C=O) groups is 2. The van der Waals surface area contributed by atoms with Gasteiger partial charge in [-0.15, -0.1) is 0 Å². The second kappa shape index (κ2) is 11.9. The zero-order valence-electron chi connectivity index (χ0n) is 21.5. The van der Waals surface area contributed by atoms with Crippen molar-refractivity contribution in [1.82, 2.24) is 9.80 Å². The Morgan fingerprint density at radius 3 is 2.29 bits per heavy atom. The summed E-state index contributed by atoms with van der Waals surface area (Å²) >= 11 is 6.10. The van der Waals surface area contributed by atoms with Crippen LogP contribution in [0.4, 0.5) is 0 Å². The molecule has 4 rings (SSSR count). The number of amides is 1. The van der Waals surface area contributed by atoms with Crippen molar-refractivity contribution in [3.8, 4) is 23.0 Å². The molecule has 2 aliphatic heterocycles. The number of carbonyl (C=O) groups excluding carboxylic acids is 2. The lowest BCUT2D eigenvalue weighted by molar-refractivity contribution is -0.140. The van der Waals surface area contributed by atoms with Crippen molar-refractivity contribution in [2.45, 2.75) is 12.5 Å². The number of aliphatic hydroxyl groups is 1. The fourth-order valence-corrected chi connectivity index (χ4v) is 5.02. The fraction of sp³-hybridized carbons (Fsp3) is 0.407. The molecule has 204 valence electrons. The Balaban J connectivity index is 1.81. The van der Waals surface area contributed by atoms with Gasteiger partial charge in [-0.1, -0.05) is 11.6 Å². The molecule has 2 fully saturated rings. The number of aliphatic hydroxyl groups excluding tert-OH is 1. The van der Waals surface area contributed by atoms with Crippen molar-refractivity contribution in [3.63, 3.8) is 0 Å². The molecule has 38 heavy (non-hydrogen) atoms. The van der Waals surface area contributed by atoms with Crippen molar-refractivity contribution in [2.75, 3.05) is 60.7 Å². The first-order valence-corrected chi connectivity index (χ1v) is 12.6. The number of phenols is 1. The van der Waals surface area contributed by atoms with Crippen LogP contribution >= 0.6 is 11.6 Å². The molecule has 2 heterocycles. The Morgan fingerprint density at radius 2 is 1.68 bits per heavy atom. The van der Waals surface area contributed by atoms with E-state index in [1.807, 2.05) is 0 Å². The number of hydrogen-bond acceptors (Lipinski definition) is 9. The number of morpholine rings is 1. The largest absolute Gasteiger partial charge is 0.507 e. The molecule has 2 saturated heterocycles. The van der Waals surface area contributed by atoms with Crippen LogP contribution in [0.3, 0.4) is 0 Å². The van der Waals surface area contributed by atoms with Gasteiger partial charge in [-0.25, -0.2) is 0 Å². The molecule has 0 unspecified atom stereocenters. The van der Waals surface area contributed by atoms with Gasteiger partial charge >= 0.3 is 0 Å². The number of likely N-dealkylation sites (tertiary alicyclic amines) is 1. The van der Waals surface area contributed by atoms with E-state index in [0.29, 0.717) is 49.0 Å². The van der Waals surface area contributed by atoms with Gasteiger partial charge < -0.3 is 34.1 Å². The van der Waals surface area contributed by atoms with Gasteiger partial charge in [0.1, 0.15) is 11.5 Å². The molecular formula is C27H31ClN2O8. The molecule has 0 spiro atoms. The van der Waals surface area contributed by atoms with Crippen LogP contribution in [0.1, 0.15) is 23.6 Å². The van der Waals surface area contributed by atoms with Crippen molar-refractivity contribution < 1.29 is 38.7 Å². The van der Waals surface area contributed by atoms with Gasteiger partial charge in [0.05, 0.1) is 51.7 Å². The Labute approximate surface area is 225 Å². The first-order valence-electron chi connectivity index (χ1n) is 12.2. The highest BCUT2D eigenvalue weighted by Gasteiger charge is 2.46. The highest BCUT2D eigenvalue weighted by molar-refractivity contribution is 6.46. The molecule has 0 bridgehead atoms. The Hall–Kier alpha value is -3.47. The van der Waals surface area contributed by atoms with E-state index in [1.165, 1.54) is 44.4 Å². The number of nitrogens with zero attached hydrogens (tertiary/aromatic N) is 2. The van der Waals surface area contributed by atoms with Gasteiger partial charge in [-0.05, 0) is 42.3 Å². The van der Waals surface area contributed by atoms with Crippen LogP contribution < -0.4 is 14.2 Å². The average Bonchev–Trinajstić information content (AvgIpc) is 3.18. The molecular weight excluding hydrogens is 516 g/mol. The molecule has 0 radical (unpaired) electrons.